The number of rotatable bonds is 7. The molecular formula is C13H26N2O. The van der Waals surface area contributed by atoms with Gasteiger partial charge in [0.05, 0.1) is 6.10 Å². The lowest BCUT2D eigenvalue weighted by atomic mass is 10.1. The summed E-state index contributed by atoms with van der Waals surface area (Å²) in [5.74, 6) is 0. The first kappa shape index (κ1) is 13.7. The lowest BCUT2D eigenvalue weighted by Crippen LogP contribution is -2.38. The van der Waals surface area contributed by atoms with Crippen LogP contribution in [0, 0.1) is 0 Å². The summed E-state index contributed by atoms with van der Waals surface area (Å²) in [6.45, 7) is 12.3. The highest BCUT2D eigenvalue weighted by Crippen LogP contribution is 2.18. The molecule has 1 N–H and O–H groups in total. The van der Waals surface area contributed by atoms with E-state index >= 15 is 0 Å². The number of nitrogens with one attached hydrogen (secondary N) is 1. The van der Waals surface area contributed by atoms with Gasteiger partial charge in [0, 0.05) is 25.7 Å². The Labute approximate surface area is 99.8 Å². The average Bonchev–Trinajstić information content (AvgIpc) is 2.65. The van der Waals surface area contributed by atoms with Gasteiger partial charge in [-0.1, -0.05) is 13.5 Å². The third-order valence-electron chi connectivity index (χ3n) is 3.18. The molecule has 0 bridgehead atoms. The zero-order valence-electron chi connectivity index (χ0n) is 11.0. The van der Waals surface area contributed by atoms with Gasteiger partial charge in [-0.25, -0.2) is 0 Å². The zero-order valence-corrected chi connectivity index (χ0v) is 11.0. The van der Waals surface area contributed by atoms with E-state index in [0.29, 0.717) is 12.1 Å². The second-order valence-electron chi connectivity index (χ2n) is 4.77. The predicted octanol–water partition coefficient (Wildman–Crippen LogP) is 1.65. The van der Waals surface area contributed by atoms with E-state index < -0.39 is 0 Å². The van der Waals surface area contributed by atoms with Gasteiger partial charge in [-0.15, -0.1) is 0 Å². The molecule has 3 heteroatoms. The monoisotopic (exact) mass is 226 g/mol. The van der Waals surface area contributed by atoms with E-state index in [0.717, 1.165) is 32.7 Å². The van der Waals surface area contributed by atoms with Gasteiger partial charge in [0.1, 0.15) is 0 Å². The largest absolute Gasteiger partial charge is 0.377 e. The third kappa shape index (κ3) is 4.24. The molecule has 1 fully saturated rings. The van der Waals surface area contributed by atoms with Gasteiger partial charge in [0.25, 0.3) is 0 Å². The number of ether oxygens (including phenoxy) is 1. The summed E-state index contributed by atoms with van der Waals surface area (Å²) in [5.41, 5.74) is 1.26. The predicted molar refractivity (Wildman–Crippen MR) is 68.7 cm³/mol. The van der Waals surface area contributed by atoms with Gasteiger partial charge in [0.15, 0.2) is 0 Å². The Morgan fingerprint density at radius 3 is 2.88 bits per heavy atom. The first-order valence-electron chi connectivity index (χ1n) is 6.34. The van der Waals surface area contributed by atoms with Crippen molar-refractivity contribution in [3.63, 3.8) is 0 Å². The van der Waals surface area contributed by atoms with Crippen molar-refractivity contribution in [3.05, 3.63) is 12.2 Å². The molecule has 0 amide bonds. The average molecular weight is 226 g/mol. The van der Waals surface area contributed by atoms with Crippen LogP contribution in [0.15, 0.2) is 12.2 Å². The molecule has 1 aliphatic heterocycles. The molecule has 2 unspecified atom stereocenters. The van der Waals surface area contributed by atoms with Crippen molar-refractivity contribution in [1.82, 2.24) is 10.2 Å². The quantitative estimate of drug-likeness (QED) is 0.528. The van der Waals surface area contributed by atoms with E-state index in [1.165, 1.54) is 12.0 Å². The SMILES string of the molecule is C=C(CNCCC)CN(C)C1CCOC1C. The second kappa shape index (κ2) is 7.05. The Hall–Kier alpha value is -0.380. The smallest absolute Gasteiger partial charge is 0.0703 e. The summed E-state index contributed by atoms with van der Waals surface area (Å²) in [6.07, 6.45) is 2.69. The number of hydrogen-bond acceptors (Lipinski definition) is 3. The first-order valence-corrected chi connectivity index (χ1v) is 6.34. The van der Waals surface area contributed by atoms with Crippen LogP contribution in [-0.4, -0.2) is 50.3 Å². The fourth-order valence-corrected chi connectivity index (χ4v) is 2.27. The van der Waals surface area contributed by atoms with Crippen molar-refractivity contribution in [2.24, 2.45) is 0 Å². The van der Waals surface area contributed by atoms with Crippen LogP contribution in [0.3, 0.4) is 0 Å². The van der Waals surface area contributed by atoms with E-state index in [1.54, 1.807) is 0 Å². The van der Waals surface area contributed by atoms with Gasteiger partial charge in [0.2, 0.25) is 0 Å². The van der Waals surface area contributed by atoms with Crippen molar-refractivity contribution in [3.8, 4) is 0 Å². The Balaban J connectivity index is 2.22. The molecule has 1 aliphatic rings. The molecule has 0 saturated carbocycles. The first-order chi connectivity index (χ1) is 7.65. The van der Waals surface area contributed by atoms with E-state index in [2.05, 4.69) is 37.7 Å². The van der Waals surface area contributed by atoms with Crippen molar-refractivity contribution in [2.45, 2.75) is 38.8 Å². The molecule has 1 saturated heterocycles. The summed E-state index contributed by atoms with van der Waals surface area (Å²) in [7, 11) is 2.17. The maximum absolute atomic E-state index is 5.58. The van der Waals surface area contributed by atoms with Crippen LogP contribution >= 0.6 is 0 Å². The van der Waals surface area contributed by atoms with E-state index in [9.17, 15) is 0 Å². The third-order valence-corrected chi connectivity index (χ3v) is 3.18. The maximum Gasteiger partial charge on any atom is 0.0703 e. The molecule has 0 aromatic rings. The van der Waals surface area contributed by atoms with Crippen LogP contribution in [0.1, 0.15) is 26.7 Å². The van der Waals surface area contributed by atoms with Crippen LogP contribution in [0.5, 0.6) is 0 Å². The molecule has 1 rings (SSSR count). The Bertz CT molecular complexity index is 218. The van der Waals surface area contributed by atoms with Gasteiger partial charge in [-0.2, -0.15) is 0 Å². The topological polar surface area (TPSA) is 24.5 Å². The molecule has 0 radical (unpaired) electrons. The van der Waals surface area contributed by atoms with Gasteiger partial charge < -0.3 is 10.1 Å². The van der Waals surface area contributed by atoms with Crippen molar-refractivity contribution < 1.29 is 4.74 Å². The van der Waals surface area contributed by atoms with Crippen molar-refractivity contribution in [2.75, 3.05) is 33.3 Å². The molecule has 0 aliphatic carbocycles. The second-order valence-corrected chi connectivity index (χ2v) is 4.77. The highest BCUT2D eigenvalue weighted by molar-refractivity contribution is 5.01. The molecule has 1 heterocycles. The minimum atomic E-state index is 0.362. The van der Waals surface area contributed by atoms with Crippen molar-refractivity contribution in [1.29, 1.82) is 0 Å². The molecule has 0 spiro atoms. The summed E-state index contributed by atoms with van der Waals surface area (Å²) in [6, 6.07) is 0.558. The Kier molecular flexibility index (Phi) is 6.03. The standard InChI is InChI=1S/C13H26N2O/c1-5-7-14-9-11(2)10-15(4)13-6-8-16-12(13)3/h12-14H,2,5-10H2,1,3-4H3. The van der Waals surface area contributed by atoms with Gasteiger partial charge >= 0.3 is 0 Å². The Morgan fingerprint density at radius 2 is 2.31 bits per heavy atom. The molecule has 0 aromatic heterocycles. The molecule has 16 heavy (non-hydrogen) atoms. The highest BCUT2D eigenvalue weighted by Gasteiger charge is 2.27. The highest BCUT2D eigenvalue weighted by atomic mass is 16.5. The minimum Gasteiger partial charge on any atom is -0.377 e. The molecule has 0 aromatic carbocycles. The summed E-state index contributed by atoms with van der Waals surface area (Å²) in [5, 5.41) is 3.38. The van der Waals surface area contributed by atoms with E-state index in [4.69, 9.17) is 4.74 Å². The number of hydrogen-bond donors (Lipinski definition) is 1. The maximum atomic E-state index is 5.58. The van der Waals surface area contributed by atoms with Crippen LogP contribution in [0.2, 0.25) is 0 Å². The Morgan fingerprint density at radius 1 is 1.56 bits per heavy atom. The minimum absolute atomic E-state index is 0.362. The van der Waals surface area contributed by atoms with E-state index in [-0.39, 0.29) is 0 Å². The van der Waals surface area contributed by atoms with Crippen molar-refractivity contribution >= 4 is 0 Å². The number of nitrogens with zero attached hydrogens (tertiary/aromatic N) is 1. The lowest BCUT2D eigenvalue weighted by molar-refractivity contribution is 0.0865. The fraction of sp³-hybridized carbons (Fsp3) is 0.846. The molecule has 2 atom stereocenters. The van der Waals surface area contributed by atoms with Crippen LogP contribution in [0.4, 0.5) is 0 Å². The fourth-order valence-electron chi connectivity index (χ4n) is 2.27. The van der Waals surface area contributed by atoms with Crippen LogP contribution in [-0.2, 0) is 4.74 Å². The van der Waals surface area contributed by atoms with Gasteiger partial charge in [-0.05, 0) is 38.9 Å². The molecule has 94 valence electrons. The van der Waals surface area contributed by atoms with Gasteiger partial charge in [-0.3, -0.25) is 4.90 Å². The summed E-state index contributed by atoms with van der Waals surface area (Å²) in [4.78, 5) is 2.37. The summed E-state index contributed by atoms with van der Waals surface area (Å²) >= 11 is 0. The summed E-state index contributed by atoms with van der Waals surface area (Å²) < 4.78 is 5.58. The molecule has 3 nitrogen and oxygen atoms in total. The van der Waals surface area contributed by atoms with Crippen LogP contribution in [0.25, 0.3) is 0 Å². The lowest BCUT2D eigenvalue weighted by Gasteiger charge is -2.27. The van der Waals surface area contributed by atoms with E-state index in [1.807, 2.05) is 0 Å². The van der Waals surface area contributed by atoms with Crippen LogP contribution < -0.4 is 5.32 Å². The normalized spacial score (nSPS) is 25.2. The molecular weight excluding hydrogens is 200 g/mol. The number of likely N-dealkylation sites (N-methyl/N-ethyl adjacent to an activating group) is 1. The zero-order chi connectivity index (χ0) is 12.0.